The van der Waals surface area contributed by atoms with Gasteiger partial charge in [0.1, 0.15) is 9.76 Å². The molecule has 0 fully saturated rings. The molecule has 1 aromatic heterocycles. The van der Waals surface area contributed by atoms with Crippen LogP contribution in [0.4, 0.5) is 0 Å². The van der Waals surface area contributed by atoms with E-state index in [0.29, 0.717) is 17.1 Å². The molecule has 18 heavy (non-hydrogen) atoms. The van der Waals surface area contributed by atoms with Crippen molar-refractivity contribution in [3.8, 4) is 0 Å². The van der Waals surface area contributed by atoms with Crippen molar-refractivity contribution in [2.45, 2.75) is 26.3 Å². The highest BCUT2D eigenvalue weighted by atomic mass is 79.9. The van der Waals surface area contributed by atoms with Crippen LogP contribution in [0.5, 0.6) is 0 Å². The van der Waals surface area contributed by atoms with Gasteiger partial charge in [-0.3, -0.25) is 0 Å². The number of aromatic nitrogens is 1. The molecule has 102 valence electrons. The number of pyridine rings is 1. The fourth-order valence-corrected chi connectivity index (χ4v) is 2.59. The van der Waals surface area contributed by atoms with Gasteiger partial charge >= 0.3 is 0 Å². The summed E-state index contributed by atoms with van der Waals surface area (Å²) in [7, 11) is 1.71. The molecule has 0 aromatic carbocycles. The second-order valence-corrected chi connectivity index (χ2v) is 5.82. The summed E-state index contributed by atoms with van der Waals surface area (Å²) in [5.41, 5.74) is 1.19. The standard InChI is InChI=1S/C13H20BrClN2O/c1-9(2)11(16-4-5-18-3)6-10-7-12(14)17-13(15)8-10/h7-9,11,16H,4-6H2,1-3H3. The van der Waals surface area contributed by atoms with Crippen molar-refractivity contribution < 1.29 is 4.74 Å². The first-order valence-corrected chi connectivity index (χ1v) is 7.24. The molecule has 1 atom stereocenters. The topological polar surface area (TPSA) is 34.1 Å². The maximum absolute atomic E-state index is 5.96. The molecule has 1 rings (SSSR count). The minimum Gasteiger partial charge on any atom is -0.383 e. The largest absolute Gasteiger partial charge is 0.383 e. The molecule has 0 aliphatic carbocycles. The Bertz CT molecular complexity index is 354. The van der Waals surface area contributed by atoms with E-state index in [1.54, 1.807) is 7.11 Å². The highest BCUT2D eigenvalue weighted by Gasteiger charge is 2.14. The predicted octanol–water partition coefficient (Wildman–Crippen LogP) is 3.30. The summed E-state index contributed by atoms with van der Waals surface area (Å²) in [4.78, 5) is 4.10. The number of halogens is 2. The summed E-state index contributed by atoms with van der Waals surface area (Å²) in [6, 6.07) is 4.34. The molecule has 0 saturated heterocycles. The second-order valence-electron chi connectivity index (χ2n) is 4.62. The van der Waals surface area contributed by atoms with Gasteiger partial charge in [0, 0.05) is 19.7 Å². The monoisotopic (exact) mass is 334 g/mol. The summed E-state index contributed by atoms with van der Waals surface area (Å²) >= 11 is 9.33. The Hall–Kier alpha value is -0.160. The van der Waals surface area contributed by atoms with E-state index in [2.05, 4.69) is 40.1 Å². The van der Waals surface area contributed by atoms with E-state index in [0.717, 1.165) is 24.2 Å². The van der Waals surface area contributed by atoms with Gasteiger partial charge in [-0.05, 0) is 46.0 Å². The van der Waals surface area contributed by atoms with Gasteiger partial charge in [-0.1, -0.05) is 25.4 Å². The minimum absolute atomic E-state index is 0.408. The molecule has 5 heteroatoms. The van der Waals surface area contributed by atoms with Crippen LogP contribution in [-0.4, -0.2) is 31.3 Å². The van der Waals surface area contributed by atoms with Gasteiger partial charge in [0.05, 0.1) is 6.61 Å². The molecule has 1 heterocycles. The van der Waals surface area contributed by atoms with Crippen LogP contribution in [0.2, 0.25) is 5.15 Å². The first-order chi connectivity index (χ1) is 8.52. The van der Waals surface area contributed by atoms with Crippen molar-refractivity contribution in [2.75, 3.05) is 20.3 Å². The molecule has 1 unspecified atom stereocenters. The van der Waals surface area contributed by atoms with Crippen LogP contribution >= 0.6 is 27.5 Å². The fraction of sp³-hybridized carbons (Fsp3) is 0.615. The van der Waals surface area contributed by atoms with E-state index in [1.807, 2.05) is 12.1 Å². The van der Waals surface area contributed by atoms with Crippen LogP contribution in [-0.2, 0) is 11.2 Å². The quantitative estimate of drug-likeness (QED) is 0.613. The Kier molecular flexibility index (Phi) is 7.15. The lowest BCUT2D eigenvalue weighted by molar-refractivity contribution is 0.192. The van der Waals surface area contributed by atoms with Gasteiger partial charge in [-0.2, -0.15) is 0 Å². The van der Waals surface area contributed by atoms with Crippen LogP contribution in [0.15, 0.2) is 16.7 Å². The van der Waals surface area contributed by atoms with Crippen molar-refractivity contribution in [3.63, 3.8) is 0 Å². The molecule has 0 saturated carbocycles. The maximum atomic E-state index is 5.96. The van der Waals surface area contributed by atoms with E-state index in [9.17, 15) is 0 Å². The Morgan fingerprint density at radius 3 is 2.72 bits per heavy atom. The lowest BCUT2D eigenvalue weighted by Crippen LogP contribution is -2.37. The third-order valence-corrected chi connectivity index (χ3v) is 3.40. The first kappa shape index (κ1) is 15.9. The highest BCUT2D eigenvalue weighted by Crippen LogP contribution is 2.18. The zero-order chi connectivity index (χ0) is 13.5. The normalized spacial score (nSPS) is 13.0. The predicted molar refractivity (Wildman–Crippen MR) is 79.2 cm³/mol. The third kappa shape index (κ3) is 5.65. The summed E-state index contributed by atoms with van der Waals surface area (Å²) in [5, 5.41) is 4.03. The van der Waals surface area contributed by atoms with Crippen LogP contribution < -0.4 is 5.32 Å². The number of nitrogens with one attached hydrogen (secondary N) is 1. The first-order valence-electron chi connectivity index (χ1n) is 6.07. The number of hydrogen-bond acceptors (Lipinski definition) is 3. The summed E-state index contributed by atoms with van der Waals surface area (Å²) in [6.45, 7) is 6.01. The molecular formula is C13H20BrClN2O. The van der Waals surface area contributed by atoms with E-state index in [1.165, 1.54) is 5.56 Å². The number of nitrogens with zero attached hydrogens (tertiary/aromatic N) is 1. The van der Waals surface area contributed by atoms with E-state index in [4.69, 9.17) is 16.3 Å². The summed E-state index contributed by atoms with van der Waals surface area (Å²) in [5.74, 6) is 0.549. The van der Waals surface area contributed by atoms with Gasteiger partial charge in [-0.25, -0.2) is 4.98 Å². The molecule has 0 amide bonds. The third-order valence-electron chi connectivity index (χ3n) is 2.80. The Morgan fingerprint density at radius 1 is 1.44 bits per heavy atom. The number of ether oxygens (including phenoxy) is 1. The minimum atomic E-state index is 0.408. The Morgan fingerprint density at radius 2 is 2.17 bits per heavy atom. The van der Waals surface area contributed by atoms with Crippen molar-refractivity contribution in [2.24, 2.45) is 5.92 Å². The Labute approximate surface area is 122 Å². The van der Waals surface area contributed by atoms with Crippen LogP contribution in [0, 0.1) is 5.92 Å². The average Bonchev–Trinajstić information content (AvgIpc) is 2.26. The molecule has 1 N–H and O–H groups in total. The number of methoxy groups -OCH3 is 1. The lowest BCUT2D eigenvalue weighted by Gasteiger charge is -2.22. The Balaban J connectivity index is 2.64. The number of rotatable bonds is 7. The molecular weight excluding hydrogens is 316 g/mol. The van der Waals surface area contributed by atoms with Gasteiger partial charge in [-0.15, -0.1) is 0 Å². The van der Waals surface area contributed by atoms with Crippen molar-refractivity contribution in [1.29, 1.82) is 0 Å². The molecule has 0 aliphatic heterocycles. The fourth-order valence-electron chi connectivity index (χ4n) is 1.78. The molecule has 0 radical (unpaired) electrons. The number of hydrogen-bond donors (Lipinski definition) is 1. The SMILES string of the molecule is COCCNC(Cc1cc(Cl)nc(Br)c1)C(C)C. The molecule has 0 bridgehead atoms. The maximum Gasteiger partial charge on any atom is 0.130 e. The average molecular weight is 336 g/mol. The van der Waals surface area contributed by atoms with Gasteiger partial charge in [0.15, 0.2) is 0 Å². The lowest BCUT2D eigenvalue weighted by atomic mass is 9.97. The summed E-state index contributed by atoms with van der Waals surface area (Å²) < 4.78 is 5.84. The van der Waals surface area contributed by atoms with Crippen molar-refractivity contribution in [1.82, 2.24) is 10.3 Å². The van der Waals surface area contributed by atoms with E-state index in [-0.39, 0.29) is 0 Å². The zero-order valence-electron chi connectivity index (χ0n) is 11.0. The molecule has 0 aliphatic rings. The summed E-state index contributed by atoms with van der Waals surface area (Å²) in [6.07, 6.45) is 0.933. The van der Waals surface area contributed by atoms with Gasteiger partial charge < -0.3 is 10.1 Å². The van der Waals surface area contributed by atoms with E-state index >= 15 is 0 Å². The van der Waals surface area contributed by atoms with Crippen molar-refractivity contribution >= 4 is 27.5 Å². The molecule has 0 spiro atoms. The van der Waals surface area contributed by atoms with Gasteiger partial charge in [0.25, 0.3) is 0 Å². The van der Waals surface area contributed by atoms with Gasteiger partial charge in [0.2, 0.25) is 0 Å². The van der Waals surface area contributed by atoms with Crippen LogP contribution in [0.3, 0.4) is 0 Å². The smallest absolute Gasteiger partial charge is 0.130 e. The van der Waals surface area contributed by atoms with Crippen LogP contribution in [0.25, 0.3) is 0 Å². The van der Waals surface area contributed by atoms with Crippen molar-refractivity contribution in [3.05, 3.63) is 27.5 Å². The molecule has 1 aromatic rings. The highest BCUT2D eigenvalue weighted by molar-refractivity contribution is 9.10. The molecule has 3 nitrogen and oxygen atoms in total. The zero-order valence-corrected chi connectivity index (χ0v) is 13.4. The second kappa shape index (κ2) is 8.10. The van der Waals surface area contributed by atoms with Crippen LogP contribution in [0.1, 0.15) is 19.4 Å². The van der Waals surface area contributed by atoms with E-state index < -0.39 is 0 Å².